The van der Waals surface area contributed by atoms with Crippen molar-refractivity contribution in [3.8, 4) is 23.6 Å². The number of benzene rings is 1. The molecule has 0 bridgehead atoms. The Hall–Kier alpha value is -2.53. The topological polar surface area (TPSA) is 83.1 Å². The zero-order valence-corrected chi connectivity index (χ0v) is 17.0. The molecule has 0 amide bonds. The van der Waals surface area contributed by atoms with E-state index in [1.54, 1.807) is 12.1 Å². The van der Waals surface area contributed by atoms with E-state index in [1.165, 1.54) is 25.7 Å². The van der Waals surface area contributed by atoms with Gasteiger partial charge in [-0.25, -0.2) is 0 Å². The predicted molar refractivity (Wildman–Crippen MR) is 107 cm³/mol. The minimum absolute atomic E-state index is 0.0673. The van der Waals surface area contributed by atoms with Crippen molar-refractivity contribution in [3.05, 3.63) is 23.3 Å². The minimum Gasteiger partial charge on any atom is -0.492 e. The van der Waals surface area contributed by atoms with Gasteiger partial charge in [0.05, 0.1) is 12.5 Å². The van der Waals surface area contributed by atoms with Crippen molar-refractivity contribution >= 4 is 5.97 Å². The van der Waals surface area contributed by atoms with E-state index >= 15 is 0 Å². The summed E-state index contributed by atoms with van der Waals surface area (Å²) in [6.45, 7) is 4.63. The Morgan fingerprint density at radius 1 is 1.00 bits per heavy atom. The highest BCUT2D eigenvalue weighted by atomic mass is 16.5. The van der Waals surface area contributed by atoms with Gasteiger partial charge in [0.15, 0.2) is 0 Å². The summed E-state index contributed by atoms with van der Waals surface area (Å²) in [6.07, 6.45) is 9.60. The molecule has 5 nitrogen and oxygen atoms in total. The van der Waals surface area contributed by atoms with Gasteiger partial charge in [0.25, 0.3) is 0 Å². The van der Waals surface area contributed by atoms with Gasteiger partial charge in [0.1, 0.15) is 34.8 Å². The Bertz CT molecular complexity index is 737. The van der Waals surface area contributed by atoms with Crippen LogP contribution in [-0.2, 0) is 4.79 Å². The second kappa shape index (κ2) is 11.3. The molecule has 0 unspecified atom stereocenters. The maximum Gasteiger partial charge on any atom is 0.314 e. The molecule has 2 rings (SSSR count). The minimum atomic E-state index is -0.297. The summed E-state index contributed by atoms with van der Waals surface area (Å²) in [4.78, 5) is 12.6. The third kappa shape index (κ3) is 5.73. The Morgan fingerprint density at radius 3 is 2.25 bits per heavy atom. The quantitative estimate of drug-likeness (QED) is 0.319. The van der Waals surface area contributed by atoms with Crippen LogP contribution in [0.3, 0.4) is 0 Å². The standard InChI is InChI=1S/C23H30N2O3/c1-3-5-6-7-17-8-10-18(11-9-17)23(26)28-22-13-12-21(27-14-4-2)19(15-24)20(22)16-25/h12-13,17-18H,3-11,14H2,1-2H3. The molecule has 1 saturated carbocycles. The van der Waals surface area contributed by atoms with Gasteiger partial charge in [-0.05, 0) is 50.2 Å². The smallest absolute Gasteiger partial charge is 0.314 e. The molecule has 28 heavy (non-hydrogen) atoms. The highest BCUT2D eigenvalue weighted by molar-refractivity contribution is 5.77. The summed E-state index contributed by atoms with van der Waals surface area (Å²) < 4.78 is 11.1. The molecule has 1 aliphatic rings. The molecule has 1 aromatic rings. The molecule has 5 heteroatoms. The normalized spacial score (nSPS) is 18.7. The van der Waals surface area contributed by atoms with Crippen LogP contribution in [0.15, 0.2) is 12.1 Å². The number of rotatable bonds is 9. The summed E-state index contributed by atoms with van der Waals surface area (Å²) in [5.41, 5.74) is 0.193. The second-order valence-corrected chi connectivity index (χ2v) is 7.52. The van der Waals surface area contributed by atoms with Crippen LogP contribution in [0.1, 0.15) is 82.8 Å². The summed E-state index contributed by atoms with van der Waals surface area (Å²) in [6, 6.07) is 7.16. The highest BCUT2D eigenvalue weighted by Crippen LogP contribution is 2.34. The number of carbonyl (C=O) groups is 1. The Morgan fingerprint density at radius 2 is 1.64 bits per heavy atom. The number of hydrogen-bond donors (Lipinski definition) is 0. The lowest BCUT2D eigenvalue weighted by molar-refractivity contribution is -0.140. The number of carbonyl (C=O) groups excluding carboxylic acids is 1. The molecule has 150 valence electrons. The lowest BCUT2D eigenvalue weighted by atomic mass is 9.80. The molecule has 1 fully saturated rings. The molecular formula is C23H30N2O3. The van der Waals surface area contributed by atoms with Crippen molar-refractivity contribution in [1.82, 2.24) is 0 Å². The van der Waals surface area contributed by atoms with Gasteiger partial charge in [0.2, 0.25) is 0 Å². The predicted octanol–water partition coefficient (Wildman–Crippen LogP) is 5.51. The maximum absolute atomic E-state index is 12.6. The van der Waals surface area contributed by atoms with Gasteiger partial charge in [-0.3, -0.25) is 4.79 Å². The molecule has 0 N–H and O–H groups in total. The molecule has 0 aliphatic heterocycles. The summed E-state index contributed by atoms with van der Waals surface area (Å²) >= 11 is 0. The first-order valence-corrected chi connectivity index (χ1v) is 10.5. The van der Waals surface area contributed by atoms with Gasteiger partial charge in [-0.2, -0.15) is 10.5 Å². The van der Waals surface area contributed by atoms with Gasteiger partial charge in [0, 0.05) is 0 Å². The van der Waals surface area contributed by atoms with E-state index in [9.17, 15) is 15.3 Å². The largest absolute Gasteiger partial charge is 0.492 e. The fraction of sp³-hybridized carbons (Fsp3) is 0.609. The maximum atomic E-state index is 12.6. The van der Waals surface area contributed by atoms with Gasteiger partial charge in [-0.1, -0.05) is 39.5 Å². The monoisotopic (exact) mass is 382 g/mol. The lowest BCUT2D eigenvalue weighted by Gasteiger charge is -2.27. The van der Waals surface area contributed by atoms with Crippen LogP contribution in [0, 0.1) is 34.5 Å². The SMILES string of the molecule is CCCCCC1CCC(C(=O)Oc2ccc(OCCC)c(C#N)c2C#N)CC1. The fourth-order valence-corrected chi connectivity index (χ4v) is 3.77. The van der Waals surface area contributed by atoms with Crippen LogP contribution in [0.2, 0.25) is 0 Å². The first-order chi connectivity index (χ1) is 13.6. The Labute approximate surface area is 168 Å². The molecule has 0 atom stereocenters. The van der Waals surface area contributed by atoms with E-state index < -0.39 is 0 Å². The molecular weight excluding hydrogens is 352 g/mol. The third-order valence-electron chi connectivity index (χ3n) is 5.42. The van der Waals surface area contributed by atoms with Gasteiger partial charge in [-0.15, -0.1) is 0 Å². The molecule has 1 aromatic carbocycles. The lowest BCUT2D eigenvalue weighted by Crippen LogP contribution is -2.26. The van der Waals surface area contributed by atoms with E-state index in [1.807, 2.05) is 19.1 Å². The molecule has 0 spiro atoms. The molecule has 0 saturated heterocycles. The van der Waals surface area contributed by atoms with E-state index in [4.69, 9.17) is 9.47 Å². The van der Waals surface area contributed by atoms with Crippen LogP contribution < -0.4 is 9.47 Å². The number of nitriles is 2. The zero-order valence-electron chi connectivity index (χ0n) is 17.0. The first-order valence-electron chi connectivity index (χ1n) is 10.5. The van der Waals surface area contributed by atoms with Crippen molar-refractivity contribution in [3.63, 3.8) is 0 Å². The summed E-state index contributed by atoms with van der Waals surface area (Å²) in [5.74, 6) is 0.793. The van der Waals surface area contributed by atoms with Crippen molar-refractivity contribution in [2.45, 2.75) is 71.6 Å². The second-order valence-electron chi connectivity index (χ2n) is 7.52. The van der Waals surface area contributed by atoms with Crippen LogP contribution in [0.25, 0.3) is 0 Å². The van der Waals surface area contributed by atoms with Crippen LogP contribution in [-0.4, -0.2) is 12.6 Å². The number of hydrogen-bond acceptors (Lipinski definition) is 5. The Balaban J connectivity index is 2.01. The van der Waals surface area contributed by atoms with E-state index in [0.717, 1.165) is 32.1 Å². The molecule has 0 aromatic heterocycles. The van der Waals surface area contributed by atoms with Crippen LogP contribution >= 0.6 is 0 Å². The van der Waals surface area contributed by atoms with E-state index in [-0.39, 0.29) is 28.8 Å². The van der Waals surface area contributed by atoms with Crippen molar-refractivity contribution in [2.24, 2.45) is 11.8 Å². The molecule has 1 aliphatic carbocycles. The third-order valence-corrected chi connectivity index (χ3v) is 5.42. The average molecular weight is 383 g/mol. The van der Waals surface area contributed by atoms with Crippen molar-refractivity contribution < 1.29 is 14.3 Å². The van der Waals surface area contributed by atoms with E-state index in [0.29, 0.717) is 18.3 Å². The number of unbranched alkanes of at least 4 members (excludes halogenated alkanes) is 2. The van der Waals surface area contributed by atoms with Gasteiger partial charge >= 0.3 is 5.97 Å². The number of ether oxygens (including phenoxy) is 2. The molecule has 0 radical (unpaired) electrons. The van der Waals surface area contributed by atoms with Crippen molar-refractivity contribution in [2.75, 3.05) is 6.61 Å². The number of nitrogens with zero attached hydrogens (tertiary/aromatic N) is 2. The van der Waals surface area contributed by atoms with Crippen LogP contribution in [0.4, 0.5) is 0 Å². The average Bonchev–Trinajstić information content (AvgIpc) is 2.72. The molecule has 0 heterocycles. The summed E-state index contributed by atoms with van der Waals surface area (Å²) in [5, 5.41) is 18.9. The van der Waals surface area contributed by atoms with Crippen LogP contribution in [0.5, 0.6) is 11.5 Å². The first kappa shape index (κ1) is 21.8. The summed E-state index contributed by atoms with van der Waals surface area (Å²) in [7, 11) is 0. The van der Waals surface area contributed by atoms with Crippen molar-refractivity contribution in [1.29, 1.82) is 10.5 Å². The van der Waals surface area contributed by atoms with E-state index in [2.05, 4.69) is 6.92 Å². The highest BCUT2D eigenvalue weighted by Gasteiger charge is 2.28. The van der Waals surface area contributed by atoms with Gasteiger partial charge < -0.3 is 9.47 Å². The number of esters is 1. The Kier molecular flexibility index (Phi) is 8.82. The fourth-order valence-electron chi connectivity index (χ4n) is 3.77. The zero-order chi connectivity index (χ0) is 20.4.